The number of primary amides is 1. The topological polar surface area (TPSA) is 340 Å². The summed E-state index contributed by atoms with van der Waals surface area (Å²) in [6.45, 7) is 6.45. The minimum atomic E-state index is -5.85. The van der Waals surface area contributed by atoms with Gasteiger partial charge in [-0.2, -0.15) is 8.78 Å². The molecule has 0 spiro atoms. The summed E-state index contributed by atoms with van der Waals surface area (Å²) < 4.78 is 55.1. The number of thiazole rings is 1. The highest BCUT2D eigenvalue weighted by molar-refractivity contribution is 7.52. The van der Waals surface area contributed by atoms with Crippen LogP contribution in [0, 0.1) is 12.3 Å². The average Bonchev–Trinajstić information content (AvgIpc) is 1.61. The molecule has 6 aromatic rings. The molecule has 1 aliphatic carbocycles. The minimum Gasteiger partial charge on any atom is -0.490 e. The molecular formula is C67H81ClF2N11O13PS2. The molecule has 5 aliphatic rings. The molecule has 7 heterocycles. The van der Waals surface area contributed by atoms with Gasteiger partial charge in [-0.05, 0) is 117 Å². The second-order valence-corrected chi connectivity index (χ2v) is 30.7. The Balaban J connectivity index is 0.680. The van der Waals surface area contributed by atoms with Crippen molar-refractivity contribution in [1.29, 1.82) is 0 Å². The molecule has 3 saturated heterocycles. The monoisotopic (exact) mass is 1420 g/mol. The number of aliphatic hydroxyl groups excluding tert-OH is 1. The summed E-state index contributed by atoms with van der Waals surface area (Å²) in [6, 6.07) is 11.6. The number of nitrogens with two attached hydrogens (primary N) is 1. The van der Waals surface area contributed by atoms with Gasteiger partial charge >= 0.3 is 13.3 Å². The van der Waals surface area contributed by atoms with Gasteiger partial charge in [0.25, 0.3) is 5.91 Å². The number of aliphatic hydroxyl groups is 1. The number of nitrogens with one attached hydrogen (secondary N) is 4. The molecule has 8 atom stereocenters. The summed E-state index contributed by atoms with van der Waals surface area (Å²) in [5.74, 6) is -2.78. The second-order valence-electron chi connectivity index (χ2n) is 26.7. The number of aromatic nitrogens is 4. The molecule has 24 nitrogen and oxygen atoms in total. The van der Waals surface area contributed by atoms with Gasteiger partial charge in [0.05, 0.1) is 75.2 Å². The maximum atomic E-state index is 14.8. The molecule has 0 unspecified atom stereocenters. The first-order valence-corrected chi connectivity index (χ1v) is 36.6. The van der Waals surface area contributed by atoms with Crippen LogP contribution in [0.15, 0.2) is 72.2 Å². The van der Waals surface area contributed by atoms with Crippen molar-refractivity contribution in [2.24, 2.45) is 11.1 Å². The van der Waals surface area contributed by atoms with Gasteiger partial charge in [0, 0.05) is 53.6 Å². The number of aryl methyl sites for hydroxylation is 2. The maximum Gasteiger partial charge on any atom is 0.399 e. The number of rotatable bonds is 26. The number of benzene rings is 3. The number of alkyl halides is 2. The van der Waals surface area contributed by atoms with E-state index in [0.29, 0.717) is 85.4 Å². The predicted molar refractivity (Wildman–Crippen MR) is 357 cm³/mol. The van der Waals surface area contributed by atoms with Crippen LogP contribution in [-0.4, -0.2) is 149 Å². The van der Waals surface area contributed by atoms with Gasteiger partial charge in [0.15, 0.2) is 0 Å². The molecule has 4 fully saturated rings. The van der Waals surface area contributed by atoms with E-state index in [-0.39, 0.29) is 92.5 Å². The van der Waals surface area contributed by atoms with Crippen molar-refractivity contribution >= 4 is 93.3 Å². The quantitative estimate of drug-likeness (QED) is 0.0187. The number of carbonyl (C=O) groups is 7. The number of halogens is 3. The van der Waals surface area contributed by atoms with Gasteiger partial charge in [0.2, 0.25) is 35.4 Å². The van der Waals surface area contributed by atoms with Crippen molar-refractivity contribution in [3.8, 4) is 16.2 Å². The predicted octanol–water partition coefficient (Wildman–Crippen LogP) is 8.38. The third kappa shape index (κ3) is 16.2. The number of likely N-dealkylation sites (tertiary alicyclic amines) is 1. The lowest BCUT2D eigenvalue weighted by Crippen LogP contribution is -2.57. The van der Waals surface area contributed by atoms with Gasteiger partial charge in [-0.25, -0.2) is 9.67 Å². The van der Waals surface area contributed by atoms with E-state index in [2.05, 4.69) is 36.6 Å². The molecule has 97 heavy (non-hydrogen) atoms. The van der Waals surface area contributed by atoms with E-state index >= 15 is 0 Å². The first kappa shape index (κ1) is 71.0. The van der Waals surface area contributed by atoms with E-state index in [9.17, 15) is 61.8 Å². The van der Waals surface area contributed by atoms with Gasteiger partial charge in [-0.15, -0.1) is 27.8 Å². The average molecular weight is 1420 g/mol. The van der Waals surface area contributed by atoms with E-state index in [0.717, 1.165) is 69.4 Å². The van der Waals surface area contributed by atoms with Crippen LogP contribution in [-0.2, 0) is 56.8 Å². The third-order valence-corrected chi connectivity index (χ3v) is 22.5. The van der Waals surface area contributed by atoms with Crippen LogP contribution >= 0.6 is 41.9 Å². The number of nitrogens with zero attached hydrogens (tertiary/aromatic N) is 6. The SMILES string of the molecule is Cc1ncsc1-c1ccc([C@H](CC(=O)NCCCCCc2cccc(OC[C@H](CCC(N)=O)NC(=O)[C@@H]3CC[C@@H]4CCCC[C@H](NC(=O)c5cc6cc(C(F)(F)P(=O)(O)O)ccc6s5)C(=O)N43)c2Cl)NC(=O)[C@@H]2C[C@@H](O)CN2C(=O)[C@H]2n3nnc(C4CC4)c3COCC2(C)C)cc1. The van der Waals surface area contributed by atoms with Crippen molar-refractivity contribution in [2.75, 3.05) is 26.3 Å². The van der Waals surface area contributed by atoms with Crippen LogP contribution in [0.2, 0.25) is 5.02 Å². The molecule has 3 aromatic carbocycles. The number of hydrogen-bond acceptors (Lipinski definition) is 16. The molecule has 7 amide bonds. The Labute approximate surface area is 572 Å². The Hall–Kier alpha value is -7.30. The number of fused-ring (bicyclic) bond motifs is 3. The summed E-state index contributed by atoms with van der Waals surface area (Å²) in [7, 11) is -5.85. The highest BCUT2D eigenvalue weighted by Gasteiger charge is 2.52. The maximum absolute atomic E-state index is 14.8. The van der Waals surface area contributed by atoms with Crippen LogP contribution in [0.25, 0.3) is 20.5 Å². The van der Waals surface area contributed by atoms with Gasteiger partial charge in [-0.1, -0.05) is 92.4 Å². The van der Waals surface area contributed by atoms with E-state index in [4.69, 9.17) is 26.8 Å². The minimum absolute atomic E-state index is 0.000592. The molecule has 520 valence electrons. The number of hydrogen-bond donors (Lipinski definition) is 8. The zero-order chi connectivity index (χ0) is 69.1. The van der Waals surface area contributed by atoms with E-state index in [1.807, 2.05) is 51.1 Å². The van der Waals surface area contributed by atoms with Crippen molar-refractivity contribution < 1.29 is 71.3 Å². The number of thiophene rings is 1. The lowest BCUT2D eigenvalue weighted by Gasteiger charge is -2.36. The van der Waals surface area contributed by atoms with Crippen LogP contribution < -0.4 is 31.7 Å². The first-order chi connectivity index (χ1) is 46.3. The van der Waals surface area contributed by atoms with E-state index in [1.165, 1.54) is 33.3 Å². The van der Waals surface area contributed by atoms with Crippen LogP contribution in [0.5, 0.6) is 5.75 Å². The zero-order valence-electron chi connectivity index (χ0n) is 54.1. The molecule has 3 aromatic heterocycles. The fraction of sp³-hybridized carbons (Fsp3) is 0.522. The number of carbonyl (C=O) groups excluding carboxylic acids is 7. The van der Waals surface area contributed by atoms with Gasteiger partial charge in [-0.3, -0.25) is 38.1 Å². The zero-order valence-corrected chi connectivity index (χ0v) is 57.3. The van der Waals surface area contributed by atoms with Crippen LogP contribution in [0.4, 0.5) is 8.78 Å². The molecule has 11 rings (SSSR count). The van der Waals surface area contributed by atoms with E-state index < -0.39 is 96.1 Å². The van der Waals surface area contributed by atoms with Crippen LogP contribution in [0.3, 0.4) is 0 Å². The highest BCUT2D eigenvalue weighted by Crippen LogP contribution is 2.59. The molecule has 30 heteroatoms. The summed E-state index contributed by atoms with van der Waals surface area (Å²) in [5, 5.41) is 32.5. The van der Waals surface area contributed by atoms with Crippen LogP contribution in [0.1, 0.15) is 172 Å². The number of β-amino-alcohol motifs (C(OH)–C–C–N with tert-alkyl or cyclic N) is 1. The second kappa shape index (κ2) is 30.0. The van der Waals surface area contributed by atoms with Crippen molar-refractivity contribution in [1.82, 2.24) is 51.0 Å². The number of amides is 7. The number of ether oxygens (including phenoxy) is 2. The molecule has 4 aliphatic heterocycles. The Kier molecular flexibility index (Phi) is 22.0. The summed E-state index contributed by atoms with van der Waals surface area (Å²) in [5.41, 5.74) is 6.09. The van der Waals surface area contributed by atoms with Crippen molar-refractivity contribution in [2.45, 2.75) is 190 Å². The normalized spacial score (nSPS) is 21.8. The lowest BCUT2D eigenvalue weighted by atomic mass is 9.84. The van der Waals surface area contributed by atoms with Gasteiger partial charge < -0.3 is 61.2 Å². The van der Waals surface area contributed by atoms with Crippen molar-refractivity contribution in [3.05, 3.63) is 116 Å². The Morgan fingerprint density at radius 1 is 0.948 bits per heavy atom. The molecule has 1 saturated carbocycles. The third-order valence-electron chi connectivity index (χ3n) is 19.0. The first-order valence-electron chi connectivity index (χ1n) is 32.9. The number of unbranched alkanes of at least 4 members (excludes halogenated alkanes) is 2. The molecular weight excluding hydrogens is 1340 g/mol. The Bertz CT molecular complexity index is 3980. The van der Waals surface area contributed by atoms with Crippen molar-refractivity contribution in [3.63, 3.8) is 0 Å². The fourth-order valence-corrected chi connectivity index (χ4v) is 16.2. The molecule has 0 bridgehead atoms. The Morgan fingerprint density at radius 2 is 1.71 bits per heavy atom. The Morgan fingerprint density at radius 3 is 2.44 bits per heavy atom. The molecule has 9 N–H and O–H groups in total. The van der Waals surface area contributed by atoms with E-state index in [1.54, 1.807) is 22.3 Å². The summed E-state index contributed by atoms with van der Waals surface area (Å²) >= 11 is 9.43. The molecule has 0 radical (unpaired) electrons. The van der Waals surface area contributed by atoms with Gasteiger partial charge in [0.1, 0.15) is 36.5 Å². The smallest absolute Gasteiger partial charge is 0.399 e. The summed E-state index contributed by atoms with van der Waals surface area (Å²) in [6.07, 6.45) is 6.55. The standard InChI is InChI=1S/C67H81ClF2N11O13PS2/c1-37-59(96-36-73-37)41-19-15-38(16-20-41)48(76-62(86)50-30-46(82)32-79(50)65(89)60-66(2,3)35-93-34-51-58(40-17-18-40)77-78-81(51)60)31-56(84)72-27-8-4-5-10-39-11-9-14-52(57(39)68)94-33-44(22-26-55(71)83)74-61(85)49-24-23-45-12-6-7-13-47(64(88)80(45)49)75-63(87)54-29-42-28-43(21-25-53(42)97-54)67(69,70)95(90,91)92/h9,11,14-16,19-21,25,28-29,36,40,44-50,60,82H,4-8,10,12-13,17-18,22-24,26-27,30-35H2,1-3H3,(H2,71,83)(H,72,84)(H,74,85)(H,75,87)(H,76,86)(H2,90,91,92)/t44-,45-,46+,47-,48-,49-,50-,60+/m0/s1. The highest BCUT2D eigenvalue weighted by atomic mass is 35.5. The largest absolute Gasteiger partial charge is 0.490 e. The summed E-state index contributed by atoms with van der Waals surface area (Å²) in [4.78, 5) is 125. The lowest BCUT2D eigenvalue weighted by molar-refractivity contribution is -0.145. The fourth-order valence-electron chi connectivity index (χ4n) is 13.7.